The van der Waals surface area contributed by atoms with Crippen molar-refractivity contribution in [1.82, 2.24) is 10.2 Å². The van der Waals surface area contributed by atoms with E-state index in [1.165, 1.54) is 42.3 Å². The molecule has 0 aromatic heterocycles. The first kappa shape index (κ1) is 29.8. The summed E-state index contributed by atoms with van der Waals surface area (Å²) in [5.41, 5.74) is 2.69. The second-order valence-electron chi connectivity index (χ2n) is 8.78. The number of amides is 2. The number of likely N-dealkylation sites (N-methyl/N-ethyl adjacent to an activating group) is 1. The summed E-state index contributed by atoms with van der Waals surface area (Å²) in [5.74, 6) is -1.01. The molecule has 0 aliphatic heterocycles. The topological polar surface area (TPSA) is 86.8 Å². The first-order valence-electron chi connectivity index (χ1n) is 11.7. The molecule has 1 N–H and O–H groups in total. The molecule has 202 valence electrons. The van der Waals surface area contributed by atoms with Crippen LogP contribution in [0.4, 0.5) is 5.69 Å². The number of benzene rings is 3. The highest BCUT2D eigenvalue weighted by Gasteiger charge is 2.32. The number of carbonyl (C=O) groups excluding carboxylic acids is 2. The van der Waals surface area contributed by atoms with Gasteiger partial charge in [0.25, 0.3) is 10.0 Å². The summed E-state index contributed by atoms with van der Waals surface area (Å²) in [5, 5.41) is 3.66. The lowest BCUT2D eigenvalue weighted by molar-refractivity contribution is -0.139. The monoisotopic (exact) mass is 595 g/mol. The summed E-state index contributed by atoms with van der Waals surface area (Å²) >= 11 is 18.3. The fourth-order valence-corrected chi connectivity index (χ4v) is 5.77. The van der Waals surface area contributed by atoms with Crippen LogP contribution in [0.2, 0.25) is 15.1 Å². The molecule has 11 heteroatoms. The molecule has 0 spiro atoms. The highest BCUT2D eigenvalue weighted by molar-refractivity contribution is 7.92. The molecule has 0 heterocycles. The van der Waals surface area contributed by atoms with Crippen molar-refractivity contribution in [2.45, 2.75) is 38.3 Å². The van der Waals surface area contributed by atoms with Crippen molar-refractivity contribution in [1.29, 1.82) is 0 Å². The van der Waals surface area contributed by atoms with Crippen LogP contribution in [-0.4, -0.2) is 44.8 Å². The number of aryl methyl sites for hydroxylation is 2. The van der Waals surface area contributed by atoms with Crippen LogP contribution in [0.3, 0.4) is 0 Å². The van der Waals surface area contributed by atoms with Crippen molar-refractivity contribution < 1.29 is 18.0 Å². The van der Waals surface area contributed by atoms with E-state index in [0.717, 1.165) is 15.4 Å². The van der Waals surface area contributed by atoms with Gasteiger partial charge in [0.05, 0.1) is 10.6 Å². The Hall–Kier alpha value is -2.78. The number of rotatable bonds is 9. The van der Waals surface area contributed by atoms with E-state index in [9.17, 15) is 18.0 Å². The quantitative estimate of drug-likeness (QED) is 0.347. The highest BCUT2D eigenvalue weighted by atomic mass is 35.5. The van der Waals surface area contributed by atoms with Gasteiger partial charge in [-0.15, -0.1) is 0 Å². The smallest absolute Gasteiger partial charge is 0.264 e. The average molecular weight is 597 g/mol. The van der Waals surface area contributed by atoms with Crippen molar-refractivity contribution in [3.63, 3.8) is 0 Å². The van der Waals surface area contributed by atoms with Gasteiger partial charge in [0, 0.05) is 28.7 Å². The molecule has 0 bridgehead atoms. The van der Waals surface area contributed by atoms with Gasteiger partial charge in [-0.1, -0.05) is 46.9 Å². The van der Waals surface area contributed by atoms with E-state index >= 15 is 0 Å². The van der Waals surface area contributed by atoms with Crippen LogP contribution in [0.25, 0.3) is 0 Å². The summed E-state index contributed by atoms with van der Waals surface area (Å²) in [7, 11) is -2.72. The van der Waals surface area contributed by atoms with E-state index in [0.29, 0.717) is 26.3 Å². The van der Waals surface area contributed by atoms with Gasteiger partial charge in [0.1, 0.15) is 12.6 Å². The average Bonchev–Trinajstić information content (AvgIpc) is 2.87. The minimum Gasteiger partial charge on any atom is -0.357 e. The molecule has 38 heavy (non-hydrogen) atoms. The number of sulfonamides is 1. The number of nitrogens with zero attached hydrogens (tertiary/aromatic N) is 2. The first-order valence-corrected chi connectivity index (χ1v) is 14.2. The van der Waals surface area contributed by atoms with E-state index in [-0.39, 0.29) is 11.4 Å². The van der Waals surface area contributed by atoms with Crippen LogP contribution in [0.1, 0.15) is 23.6 Å². The third-order valence-corrected chi connectivity index (χ3v) is 8.86. The second-order valence-corrected chi connectivity index (χ2v) is 11.9. The number of carbonyl (C=O) groups is 2. The standard InChI is InChI=1S/C27H28Cl3N3O4S/c1-17-5-10-23(13-18(17)2)33(38(36,37)24-11-8-21(28)9-12-24)16-26(34)32(19(3)27(35)31-4)15-20-6-7-22(29)14-25(20)30/h5-14,19H,15-16H2,1-4H3,(H,31,35)/t19-/m1/s1. The highest BCUT2D eigenvalue weighted by Crippen LogP contribution is 2.28. The molecule has 1 atom stereocenters. The van der Waals surface area contributed by atoms with Gasteiger partial charge >= 0.3 is 0 Å². The van der Waals surface area contributed by atoms with Crippen molar-refractivity contribution in [2.24, 2.45) is 0 Å². The number of halogens is 3. The Bertz CT molecular complexity index is 1450. The zero-order chi connectivity index (χ0) is 28.2. The number of nitrogens with one attached hydrogen (secondary N) is 1. The van der Waals surface area contributed by atoms with Crippen molar-refractivity contribution in [2.75, 3.05) is 17.9 Å². The molecule has 0 aliphatic carbocycles. The SMILES string of the molecule is CNC(=O)[C@@H](C)N(Cc1ccc(Cl)cc1Cl)C(=O)CN(c1ccc(C)c(C)c1)S(=O)(=O)c1ccc(Cl)cc1. The lowest BCUT2D eigenvalue weighted by Gasteiger charge is -2.32. The fraction of sp³-hybridized carbons (Fsp3) is 0.259. The molecule has 0 unspecified atom stereocenters. The second kappa shape index (κ2) is 12.4. The fourth-order valence-electron chi connectivity index (χ4n) is 3.77. The number of anilines is 1. The van der Waals surface area contributed by atoms with Gasteiger partial charge in [-0.25, -0.2) is 8.42 Å². The van der Waals surface area contributed by atoms with Crippen molar-refractivity contribution >= 4 is 62.3 Å². The zero-order valence-corrected chi connectivity index (χ0v) is 24.4. The molecule has 2 amide bonds. The predicted molar refractivity (Wildman–Crippen MR) is 152 cm³/mol. The Balaban J connectivity index is 2.07. The molecular formula is C27H28Cl3N3O4S. The Morgan fingerprint density at radius 2 is 1.53 bits per heavy atom. The van der Waals surface area contributed by atoms with Crippen LogP contribution in [-0.2, 0) is 26.2 Å². The molecule has 3 rings (SSSR count). The molecule has 0 radical (unpaired) electrons. The maximum Gasteiger partial charge on any atom is 0.264 e. The first-order chi connectivity index (χ1) is 17.8. The van der Waals surface area contributed by atoms with E-state index < -0.39 is 34.4 Å². The molecule has 0 saturated heterocycles. The Kier molecular flexibility index (Phi) is 9.70. The lowest BCUT2D eigenvalue weighted by Crippen LogP contribution is -2.50. The maximum absolute atomic E-state index is 13.8. The van der Waals surface area contributed by atoms with Gasteiger partial charge in [-0.2, -0.15) is 0 Å². The number of hydrogen-bond donors (Lipinski definition) is 1. The molecule has 3 aromatic rings. The molecule has 0 saturated carbocycles. The largest absolute Gasteiger partial charge is 0.357 e. The van der Waals surface area contributed by atoms with Crippen LogP contribution in [0, 0.1) is 13.8 Å². The summed E-state index contributed by atoms with van der Waals surface area (Å²) in [4.78, 5) is 27.6. The maximum atomic E-state index is 13.8. The predicted octanol–water partition coefficient (Wildman–Crippen LogP) is 5.62. The zero-order valence-electron chi connectivity index (χ0n) is 21.3. The minimum absolute atomic E-state index is 0.0282. The van der Waals surface area contributed by atoms with E-state index in [2.05, 4.69) is 5.32 Å². The summed E-state index contributed by atoms with van der Waals surface area (Å²) in [6.45, 7) is 4.74. The van der Waals surface area contributed by atoms with Crippen molar-refractivity contribution in [3.8, 4) is 0 Å². The van der Waals surface area contributed by atoms with Gasteiger partial charge in [-0.3, -0.25) is 13.9 Å². The normalized spacial score (nSPS) is 12.1. The molecule has 0 fully saturated rings. The third-order valence-electron chi connectivity index (χ3n) is 6.23. The van der Waals surface area contributed by atoms with Gasteiger partial charge in [0.15, 0.2) is 0 Å². The van der Waals surface area contributed by atoms with Gasteiger partial charge in [0.2, 0.25) is 11.8 Å². The van der Waals surface area contributed by atoms with Crippen LogP contribution in [0.5, 0.6) is 0 Å². The molecular weight excluding hydrogens is 569 g/mol. The summed E-state index contributed by atoms with van der Waals surface area (Å²) in [6, 6.07) is 14.8. The number of hydrogen-bond acceptors (Lipinski definition) is 4. The summed E-state index contributed by atoms with van der Waals surface area (Å²) in [6.07, 6.45) is 0. The van der Waals surface area contributed by atoms with Crippen LogP contribution in [0.15, 0.2) is 65.6 Å². The molecule has 3 aromatic carbocycles. The third kappa shape index (κ3) is 6.80. The molecule has 0 aliphatic rings. The van der Waals surface area contributed by atoms with Crippen LogP contribution >= 0.6 is 34.8 Å². The Morgan fingerprint density at radius 3 is 2.11 bits per heavy atom. The van der Waals surface area contributed by atoms with E-state index in [4.69, 9.17) is 34.8 Å². The summed E-state index contributed by atoms with van der Waals surface area (Å²) < 4.78 is 28.7. The van der Waals surface area contributed by atoms with Crippen LogP contribution < -0.4 is 9.62 Å². The van der Waals surface area contributed by atoms with Gasteiger partial charge < -0.3 is 10.2 Å². The van der Waals surface area contributed by atoms with Crippen molar-refractivity contribution in [3.05, 3.63) is 92.4 Å². The van der Waals surface area contributed by atoms with E-state index in [1.54, 1.807) is 37.3 Å². The Labute approximate surface area is 238 Å². The van der Waals surface area contributed by atoms with Gasteiger partial charge in [-0.05, 0) is 86.0 Å². The Morgan fingerprint density at radius 1 is 0.895 bits per heavy atom. The molecule has 7 nitrogen and oxygen atoms in total. The minimum atomic E-state index is -4.18. The lowest BCUT2D eigenvalue weighted by atomic mass is 10.1. The van der Waals surface area contributed by atoms with E-state index in [1.807, 2.05) is 13.8 Å².